The van der Waals surface area contributed by atoms with Crippen LogP contribution < -0.4 is 5.73 Å². The maximum atomic E-state index is 5.97. The third-order valence-corrected chi connectivity index (χ3v) is 4.24. The average Bonchev–Trinajstić information content (AvgIpc) is 3.02. The van der Waals surface area contributed by atoms with Gasteiger partial charge < -0.3 is 10.2 Å². The molecule has 2 N–H and O–H groups in total. The van der Waals surface area contributed by atoms with Crippen LogP contribution in [0.25, 0.3) is 22.4 Å². The lowest BCUT2D eigenvalue weighted by molar-refractivity contribution is 0.624. The van der Waals surface area contributed by atoms with Gasteiger partial charge in [0.2, 0.25) is 0 Å². The summed E-state index contributed by atoms with van der Waals surface area (Å²) in [6.07, 6.45) is 0.928. The summed E-state index contributed by atoms with van der Waals surface area (Å²) in [7, 11) is 0. The van der Waals surface area contributed by atoms with Crippen LogP contribution in [0.15, 0.2) is 34.1 Å². The van der Waals surface area contributed by atoms with Crippen LogP contribution in [0.3, 0.4) is 0 Å². The normalized spacial score (nSPS) is 13.0. The molecule has 0 bridgehead atoms. The fourth-order valence-electron chi connectivity index (χ4n) is 2.26. The van der Waals surface area contributed by atoms with Crippen molar-refractivity contribution in [1.29, 1.82) is 0 Å². The first-order chi connectivity index (χ1) is 9.20. The van der Waals surface area contributed by atoms with Gasteiger partial charge in [-0.05, 0) is 19.4 Å². The van der Waals surface area contributed by atoms with Gasteiger partial charge >= 0.3 is 0 Å². The standard InChI is InChI=1S/C15H16N2OS/c1-3-10-11-6-4-5-7-13(11)18-14(10)12-8-19-15(17-12)9(2)16/h4-9H,3,16H2,1-2H3. The van der Waals surface area contributed by atoms with E-state index in [1.807, 2.05) is 30.5 Å². The SMILES string of the molecule is CCc1c(-c2csc(C(C)N)n2)oc2ccccc12. The molecular weight excluding hydrogens is 256 g/mol. The van der Waals surface area contributed by atoms with Gasteiger partial charge in [-0.25, -0.2) is 4.98 Å². The Morgan fingerprint density at radius 2 is 2.16 bits per heavy atom. The molecule has 2 heterocycles. The van der Waals surface area contributed by atoms with E-state index in [4.69, 9.17) is 10.2 Å². The van der Waals surface area contributed by atoms with E-state index in [2.05, 4.69) is 18.0 Å². The van der Waals surface area contributed by atoms with Crippen molar-refractivity contribution < 1.29 is 4.42 Å². The van der Waals surface area contributed by atoms with Crippen LogP contribution >= 0.6 is 11.3 Å². The first-order valence-electron chi connectivity index (χ1n) is 6.42. The number of nitrogens with two attached hydrogens (primary N) is 1. The van der Waals surface area contributed by atoms with Gasteiger partial charge in [0.25, 0.3) is 0 Å². The molecule has 0 aliphatic rings. The van der Waals surface area contributed by atoms with Gasteiger partial charge in [-0.1, -0.05) is 25.1 Å². The van der Waals surface area contributed by atoms with Crippen molar-refractivity contribution >= 4 is 22.3 Å². The highest BCUT2D eigenvalue weighted by molar-refractivity contribution is 7.10. The molecule has 1 unspecified atom stereocenters. The van der Waals surface area contributed by atoms with E-state index < -0.39 is 0 Å². The number of para-hydroxylation sites is 1. The minimum atomic E-state index is -0.0341. The second-order valence-electron chi connectivity index (χ2n) is 4.62. The van der Waals surface area contributed by atoms with E-state index in [0.29, 0.717) is 0 Å². The predicted octanol–water partition coefficient (Wildman–Crippen LogP) is 4.14. The molecule has 19 heavy (non-hydrogen) atoms. The minimum absolute atomic E-state index is 0.0341. The van der Waals surface area contributed by atoms with Crippen molar-refractivity contribution in [3.05, 3.63) is 40.2 Å². The summed E-state index contributed by atoms with van der Waals surface area (Å²) in [6.45, 7) is 4.08. The molecular formula is C15H16N2OS. The average molecular weight is 272 g/mol. The number of rotatable bonds is 3. The van der Waals surface area contributed by atoms with Gasteiger partial charge in [0, 0.05) is 16.3 Å². The quantitative estimate of drug-likeness (QED) is 0.779. The molecule has 98 valence electrons. The molecule has 3 nitrogen and oxygen atoms in total. The lowest BCUT2D eigenvalue weighted by Crippen LogP contribution is -2.03. The predicted molar refractivity (Wildman–Crippen MR) is 79.3 cm³/mol. The molecule has 2 aromatic heterocycles. The Morgan fingerprint density at radius 3 is 2.84 bits per heavy atom. The maximum Gasteiger partial charge on any atom is 0.157 e. The van der Waals surface area contributed by atoms with Crippen LogP contribution in [0.5, 0.6) is 0 Å². The van der Waals surface area contributed by atoms with Crippen LogP contribution in [0.2, 0.25) is 0 Å². The number of fused-ring (bicyclic) bond motifs is 1. The van der Waals surface area contributed by atoms with E-state index in [0.717, 1.165) is 28.5 Å². The summed E-state index contributed by atoms with van der Waals surface area (Å²) in [5.74, 6) is 0.881. The van der Waals surface area contributed by atoms with Gasteiger partial charge in [0.1, 0.15) is 16.3 Å². The van der Waals surface area contributed by atoms with Crippen molar-refractivity contribution in [2.45, 2.75) is 26.3 Å². The van der Waals surface area contributed by atoms with Gasteiger partial charge in [-0.15, -0.1) is 11.3 Å². The van der Waals surface area contributed by atoms with Crippen molar-refractivity contribution in [1.82, 2.24) is 4.98 Å². The zero-order chi connectivity index (χ0) is 13.4. The van der Waals surface area contributed by atoms with Gasteiger partial charge in [0.05, 0.1) is 6.04 Å². The van der Waals surface area contributed by atoms with Crippen LogP contribution in [-0.4, -0.2) is 4.98 Å². The highest BCUT2D eigenvalue weighted by Crippen LogP contribution is 2.34. The first kappa shape index (κ1) is 12.4. The number of thiazole rings is 1. The lowest BCUT2D eigenvalue weighted by Gasteiger charge is -1.98. The Balaban J connectivity index is 2.18. The molecule has 4 heteroatoms. The molecule has 0 aliphatic carbocycles. The molecule has 0 amide bonds. The number of aromatic nitrogens is 1. The smallest absolute Gasteiger partial charge is 0.157 e. The summed E-state index contributed by atoms with van der Waals surface area (Å²) in [5.41, 5.74) is 8.90. The highest BCUT2D eigenvalue weighted by atomic mass is 32.1. The van der Waals surface area contributed by atoms with E-state index in [9.17, 15) is 0 Å². The second kappa shape index (κ2) is 4.79. The molecule has 0 radical (unpaired) electrons. The third-order valence-electron chi connectivity index (χ3n) is 3.20. The van der Waals surface area contributed by atoms with Crippen LogP contribution in [0, 0.1) is 0 Å². The zero-order valence-electron chi connectivity index (χ0n) is 11.0. The lowest BCUT2D eigenvalue weighted by atomic mass is 10.1. The van der Waals surface area contributed by atoms with Gasteiger partial charge in [-0.2, -0.15) is 0 Å². The number of benzene rings is 1. The first-order valence-corrected chi connectivity index (χ1v) is 7.30. The highest BCUT2D eigenvalue weighted by Gasteiger charge is 2.17. The molecule has 1 aromatic carbocycles. The number of furan rings is 1. The van der Waals surface area contributed by atoms with Crippen molar-refractivity contribution in [3.63, 3.8) is 0 Å². The number of aryl methyl sites for hydroxylation is 1. The Morgan fingerprint density at radius 1 is 1.37 bits per heavy atom. The summed E-state index contributed by atoms with van der Waals surface area (Å²) < 4.78 is 5.97. The minimum Gasteiger partial charge on any atom is -0.454 e. The Hall–Kier alpha value is -1.65. The number of hydrogen-bond acceptors (Lipinski definition) is 4. The largest absolute Gasteiger partial charge is 0.454 e. The Labute approximate surface area is 116 Å². The Bertz CT molecular complexity index is 712. The zero-order valence-corrected chi connectivity index (χ0v) is 11.8. The maximum absolute atomic E-state index is 5.97. The summed E-state index contributed by atoms with van der Waals surface area (Å²) in [4.78, 5) is 4.58. The van der Waals surface area contributed by atoms with Crippen molar-refractivity contribution in [3.8, 4) is 11.5 Å². The van der Waals surface area contributed by atoms with E-state index >= 15 is 0 Å². The fourth-order valence-corrected chi connectivity index (χ4v) is 3.02. The van der Waals surface area contributed by atoms with E-state index in [1.165, 1.54) is 10.9 Å². The molecule has 0 aliphatic heterocycles. The summed E-state index contributed by atoms with van der Waals surface area (Å²) in [6, 6.07) is 8.09. The molecule has 1 atom stereocenters. The third kappa shape index (κ3) is 2.07. The topological polar surface area (TPSA) is 52.0 Å². The Kier molecular flexibility index (Phi) is 3.12. The number of nitrogens with zero attached hydrogens (tertiary/aromatic N) is 1. The van der Waals surface area contributed by atoms with Crippen molar-refractivity contribution in [2.75, 3.05) is 0 Å². The van der Waals surface area contributed by atoms with Gasteiger partial charge in [0.15, 0.2) is 5.76 Å². The fraction of sp³-hybridized carbons (Fsp3) is 0.267. The molecule has 3 rings (SSSR count). The van der Waals surface area contributed by atoms with Crippen molar-refractivity contribution in [2.24, 2.45) is 5.73 Å². The van der Waals surface area contributed by atoms with Gasteiger partial charge in [-0.3, -0.25) is 0 Å². The molecule has 0 fully saturated rings. The summed E-state index contributed by atoms with van der Waals surface area (Å²) in [5, 5.41) is 4.14. The second-order valence-corrected chi connectivity index (χ2v) is 5.51. The monoisotopic (exact) mass is 272 g/mol. The van der Waals surface area contributed by atoms with Crippen LogP contribution in [0.1, 0.15) is 30.5 Å². The molecule has 0 saturated carbocycles. The number of hydrogen-bond donors (Lipinski definition) is 1. The van der Waals surface area contributed by atoms with E-state index in [1.54, 1.807) is 11.3 Å². The summed E-state index contributed by atoms with van der Waals surface area (Å²) >= 11 is 1.59. The van der Waals surface area contributed by atoms with Crippen LogP contribution in [0.4, 0.5) is 0 Å². The molecule has 3 aromatic rings. The molecule has 0 saturated heterocycles. The van der Waals surface area contributed by atoms with E-state index in [-0.39, 0.29) is 6.04 Å². The molecule has 0 spiro atoms. The van der Waals surface area contributed by atoms with Crippen LogP contribution in [-0.2, 0) is 6.42 Å².